The van der Waals surface area contributed by atoms with Gasteiger partial charge in [0, 0.05) is 30.4 Å². The second kappa shape index (κ2) is 7.42. The maximum absolute atomic E-state index is 12.9. The lowest BCUT2D eigenvalue weighted by atomic mass is 10.0. The summed E-state index contributed by atoms with van der Waals surface area (Å²) in [5.74, 6) is 0.663. The van der Waals surface area contributed by atoms with Crippen molar-refractivity contribution >= 4 is 17.8 Å². The van der Waals surface area contributed by atoms with Crippen LogP contribution in [0, 0.1) is 20.8 Å². The molecule has 0 radical (unpaired) electrons. The van der Waals surface area contributed by atoms with Crippen molar-refractivity contribution in [3.8, 4) is 5.69 Å². The minimum absolute atomic E-state index is 0.235. The van der Waals surface area contributed by atoms with Gasteiger partial charge >= 0.3 is 6.03 Å². The Labute approximate surface area is 167 Å². The van der Waals surface area contributed by atoms with E-state index in [-0.39, 0.29) is 5.91 Å². The van der Waals surface area contributed by atoms with E-state index in [9.17, 15) is 9.59 Å². The van der Waals surface area contributed by atoms with Crippen LogP contribution in [0.3, 0.4) is 0 Å². The number of rotatable bonds is 3. The number of hydrogen-bond donors (Lipinski definition) is 2. The lowest BCUT2D eigenvalue weighted by Gasteiger charge is -2.35. The van der Waals surface area contributed by atoms with Crippen LogP contribution in [0.5, 0.6) is 0 Å². The van der Waals surface area contributed by atoms with Gasteiger partial charge in [0.05, 0.1) is 11.4 Å². The molecule has 1 aliphatic heterocycles. The number of nitrogens with one attached hydrogen (secondary N) is 2. The summed E-state index contributed by atoms with van der Waals surface area (Å²) < 4.78 is 6.80. The fraction of sp³-hybridized carbons (Fsp3) is 0.300. The van der Waals surface area contributed by atoms with E-state index in [2.05, 4.69) is 20.9 Å². The number of hydrogen-bond acceptors (Lipinski definition) is 5. The van der Waals surface area contributed by atoms with Crippen LogP contribution in [-0.2, 0) is 4.79 Å². The topological polar surface area (TPSA) is 105 Å². The molecule has 3 heterocycles. The van der Waals surface area contributed by atoms with E-state index in [0.717, 1.165) is 16.9 Å². The Kier molecular flexibility index (Phi) is 4.79. The molecule has 0 saturated carbocycles. The van der Waals surface area contributed by atoms with Crippen LogP contribution in [0.2, 0.25) is 0 Å². The average Bonchev–Trinajstić information content (AvgIpc) is 3.24. The molecule has 3 amide bonds. The minimum atomic E-state index is -0.783. The van der Waals surface area contributed by atoms with Crippen molar-refractivity contribution < 1.29 is 14.1 Å². The van der Waals surface area contributed by atoms with Crippen LogP contribution in [0.15, 0.2) is 40.9 Å². The van der Waals surface area contributed by atoms with Gasteiger partial charge in [-0.05, 0) is 32.9 Å². The van der Waals surface area contributed by atoms with Crippen molar-refractivity contribution in [2.75, 3.05) is 18.4 Å². The second-order valence-corrected chi connectivity index (χ2v) is 6.97. The molecule has 0 bridgehead atoms. The standard InChI is InChI=1S/C20H22N6O3/c1-12-11-16(24-29-12)22-20(28)25-10-9-21-19(27)18(25)17-13(2)23-26(14(17)3)15-7-5-4-6-8-15/h4-8,11,18H,9-10H2,1-3H3,(H,21,27)(H,22,24,28)/t18-/m0/s1. The molecule has 1 saturated heterocycles. The van der Waals surface area contributed by atoms with Crippen molar-refractivity contribution in [2.24, 2.45) is 0 Å². The lowest BCUT2D eigenvalue weighted by Crippen LogP contribution is -2.53. The summed E-state index contributed by atoms with van der Waals surface area (Å²) in [6, 6.07) is 10.1. The highest BCUT2D eigenvalue weighted by atomic mass is 16.5. The highest BCUT2D eigenvalue weighted by molar-refractivity contribution is 5.94. The average molecular weight is 394 g/mol. The van der Waals surface area contributed by atoms with E-state index in [1.165, 1.54) is 4.90 Å². The maximum Gasteiger partial charge on any atom is 0.324 e. The van der Waals surface area contributed by atoms with Gasteiger partial charge in [0.2, 0.25) is 5.91 Å². The van der Waals surface area contributed by atoms with Crippen molar-refractivity contribution in [1.29, 1.82) is 0 Å². The number of para-hydroxylation sites is 1. The summed E-state index contributed by atoms with van der Waals surface area (Å²) in [6.07, 6.45) is 0. The number of nitrogens with zero attached hydrogens (tertiary/aromatic N) is 4. The van der Waals surface area contributed by atoms with Crippen molar-refractivity contribution in [3.05, 3.63) is 59.1 Å². The summed E-state index contributed by atoms with van der Waals surface area (Å²) in [5.41, 5.74) is 3.12. The van der Waals surface area contributed by atoms with E-state index < -0.39 is 12.1 Å². The van der Waals surface area contributed by atoms with Crippen LogP contribution < -0.4 is 10.6 Å². The highest BCUT2D eigenvalue weighted by Gasteiger charge is 2.38. The number of amides is 3. The number of anilines is 1. The molecule has 1 fully saturated rings. The molecule has 29 heavy (non-hydrogen) atoms. The number of urea groups is 1. The first-order valence-corrected chi connectivity index (χ1v) is 9.36. The van der Waals surface area contributed by atoms with Crippen LogP contribution >= 0.6 is 0 Å². The molecule has 0 aliphatic carbocycles. The van der Waals surface area contributed by atoms with Crippen LogP contribution in [0.4, 0.5) is 10.6 Å². The van der Waals surface area contributed by atoms with Crippen molar-refractivity contribution in [2.45, 2.75) is 26.8 Å². The van der Waals surface area contributed by atoms with Crippen LogP contribution in [-0.4, -0.2) is 44.9 Å². The smallest absolute Gasteiger partial charge is 0.324 e. The van der Waals surface area contributed by atoms with Gasteiger partial charge in [-0.1, -0.05) is 23.4 Å². The quantitative estimate of drug-likeness (QED) is 0.710. The Morgan fingerprint density at radius 2 is 2.00 bits per heavy atom. The third kappa shape index (κ3) is 3.46. The molecule has 2 aromatic heterocycles. The number of piperazine rings is 1. The van der Waals surface area contributed by atoms with Crippen molar-refractivity contribution in [3.63, 3.8) is 0 Å². The lowest BCUT2D eigenvalue weighted by molar-refractivity contribution is -0.127. The normalized spacial score (nSPS) is 16.6. The van der Waals surface area contributed by atoms with Crippen LogP contribution in [0.25, 0.3) is 5.69 Å². The van der Waals surface area contributed by atoms with E-state index in [1.807, 2.05) is 44.2 Å². The Balaban J connectivity index is 1.70. The van der Waals surface area contributed by atoms with Gasteiger partial charge in [0.25, 0.3) is 0 Å². The summed E-state index contributed by atoms with van der Waals surface area (Å²) in [4.78, 5) is 27.3. The molecule has 0 unspecified atom stereocenters. The molecule has 0 spiro atoms. The third-order valence-electron chi connectivity index (χ3n) is 4.96. The zero-order valence-electron chi connectivity index (χ0n) is 16.5. The zero-order valence-corrected chi connectivity index (χ0v) is 16.5. The zero-order chi connectivity index (χ0) is 20.5. The summed E-state index contributed by atoms with van der Waals surface area (Å²) >= 11 is 0. The molecule has 9 heteroatoms. The SMILES string of the molecule is Cc1cc(NC(=O)N2CCNC(=O)[C@@H]2c2c(C)nn(-c3ccccc3)c2C)no1. The Hall–Kier alpha value is -3.62. The molecule has 2 N–H and O–H groups in total. The van der Waals surface area contributed by atoms with E-state index in [1.54, 1.807) is 17.7 Å². The van der Waals surface area contributed by atoms with Gasteiger partial charge in [-0.15, -0.1) is 0 Å². The number of benzene rings is 1. The number of aryl methyl sites for hydroxylation is 2. The molecule has 1 atom stereocenters. The van der Waals surface area contributed by atoms with Crippen molar-refractivity contribution in [1.82, 2.24) is 25.2 Å². The molecule has 3 aromatic rings. The highest BCUT2D eigenvalue weighted by Crippen LogP contribution is 2.30. The molecular formula is C20H22N6O3. The molecule has 150 valence electrons. The molecule has 4 rings (SSSR count). The van der Waals surface area contributed by atoms with E-state index >= 15 is 0 Å². The van der Waals surface area contributed by atoms with Gasteiger partial charge in [-0.2, -0.15) is 5.10 Å². The first-order valence-electron chi connectivity index (χ1n) is 9.36. The Morgan fingerprint density at radius 3 is 2.69 bits per heavy atom. The van der Waals surface area contributed by atoms with E-state index in [0.29, 0.717) is 30.4 Å². The summed E-state index contributed by atoms with van der Waals surface area (Å²) in [6.45, 7) is 6.24. The fourth-order valence-corrected chi connectivity index (χ4v) is 3.65. The predicted octanol–water partition coefficient (Wildman–Crippen LogP) is 2.49. The molecule has 9 nitrogen and oxygen atoms in total. The van der Waals surface area contributed by atoms with E-state index in [4.69, 9.17) is 4.52 Å². The summed E-state index contributed by atoms with van der Waals surface area (Å²) in [7, 11) is 0. The minimum Gasteiger partial charge on any atom is -0.360 e. The number of aromatic nitrogens is 3. The third-order valence-corrected chi connectivity index (χ3v) is 4.96. The monoisotopic (exact) mass is 394 g/mol. The van der Waals surface area contributed by atoms with Gasteiger partial charge < -0.3 is 14.7 Å². The van der Waals surface area contributed by atoms with Gasteiger partial charge in [0.15, 0.2) is 5.82 Å². The predicted molar refractivity (Wildman–Crippen MR) is 106 cm³/mol. The molecule has 1 aromatic carbocycles. The molecule has 1 aliphatic rings. The van der Waals surface area contributed by atoms with Gasteiger partial charge in [-0.3, -0.25) is 10.1 Å². The molecular weight excluding hydrogens is 372 g/mol. The number of carbonyl (C=O) groups is 2. The Morgan fingerprint density at radius 1 is 1.24 bits per heavy atom. The van der Waals surface area contributed by atoms with Crippen LogP contribution in [0.1, 0.15) is 28.8 Å². The van der Waals surface area contributed by atoms with Gasteiger partial charge in [-0.25, -0.2) is 9.48 Å². The van der Waals surface area contributed by atoms with Gasteiger partial charge in [0.1, 0.15) is 11.8 Å². The second-order valence-electron chi connectivity index (χ2n) is 6.97. The largest absolute Gasteiger partial charge is 0.360 e. The number of carbonyl (C=O) groups excluding carboxylic acids is 2. The maximum atomic E-state index is 12.9. The summed E-state index contributed by atoms with van der Waals surface area (Å²) in [5, 5.41) is 14.0. The first-order chi connectivity index (χ1) is 14.0. The fourth-order valence-electron chi connectivity index (χ4n) is 3.65. The Bertz CT molecular complexity index is 1060. The first kappa shape index (κ1) is 18.7.